The summed E-state index contributed by atoms with van der Waals surface area (Å²) in [6, 6.07) is 5.51. The number of rotatable bonds is 4. The Morgan fingerprint density at radius 2 is 1.96 bits per heavy atom. The Morgan fingerprint density at radius 1 is 1.12 bits per heavy atom. The summed E-state index contributed by atoms with van der Waals surface area (Å²) in [5.74, 6) is 0.259. The van der Waals surface area contributed by atoms with Crippen molar-refractivity contribution >= 4 is 17.5 Å². The average molecular weight is 354 g/mol. The Bertz CT molecular complexity index is 761. The second-order valence-electron chi connectivity index (χ2n) is 7.44. The fourth-order valence-electron chi connectivity index (χ4n) is 4.25. The number of imidazole rings is 1. The molecule has 2 aromatic rings. The Hall–Kier alpha value is -2.37. The molecule has 4 rings (SSSR count). The van der Waals surface area contributed by atoms with Crippen LogP contribution in [0.2, 0.25) is 0 Å². The molecule has 2 aliphatic rings. The maximum atomic E-state index is 12.8. The van der Waals surface area contributed by atoms with Crippen molar-refractivity contribution in [3.8, 4) is 0 Å². The van der Waals surface area contributed by atoms with E-state index in [1.807, 2.05) is 39.9 Å². The van der Waals surface area contributed by atoms with Crippen LogP contribution < -0.4 is 5.32 Å². The average Bonchev–Trinajstić information content (AvgIpc) is 3.33. The molecule has 2 aromatic heterocycles. The third-order valence-corrected chi connectivity index (χ3v) is 5.65. The van der Waals surface area contributed by atoms with Crippen molar-refractivity contribution in [2.24, 2.45) is 5.92 Å². The van der Waals surface area contributed by atoms with Gasteiger partial charge in [-0.25, -0.2) is 4.98 Å². The van der Waals surface area contributed by atoms with E-state index in [-0.39, 0.29) is 23.8 Å². The quantitative estimate of drug-likeness (QED) is 0.917. The van der Waals surface area contributed by atoms with Crippen LogP contribution in [0.5, 0.6) is 0 Å². The summed E-state index contributed by atoms with van der Waals surface area (Å²) in [5.41, 5.74) is 1.69. The lowest BCUT2D eigenvalue weighted by molar-refractivity contribution is -0.142. The number of hydrogen-bond donors (Lipinski definition) is 1. The lowest BCUT2D eigenvalue weighted by Gasteiger charge is -2.30. The highest BCUT2D eigenvalue weighted by molar-refractivity contribution is 5.89. The van der Waals surface area contributed by atoms with Gasteiger partial charge < -0.3 is 14.6 Å². The fourth-order valence-corrected chi connectivity index (χ4v) is 4.25. The number of nitrogens with zero attached hydrogens (tertiary/aromatic N) is 3. The van der Waals surface area contributed by atoms with Crippen molar-refractivity contribution in [3.05, 3.63) is 36.3 Å². The highest BCUT2D eigenvalue weighted by Crippen LogP contribution is 2.28. The van der Waals surface area contributed by atoms with Crippen LogP contribution in [0.25, 0.3) is 5.65 Å². The molecule has 0 bridgehead atoms. The molecule has 2 fully saturated rings. The summed E-state index contributed by atoms with van der Waals surface area (Å²) in [5, 5.41) is 2.98. The first-order chi connectivity index (χ1) is 12.7. The maximum absolute atomic E-state index is 12.8. The van der Waals surface area contributed by atoms with E-state index in [4.69, 9.17) is 0 Å². The standard InChI is InChI=1S/C20H26N4O2/c25-19(21-13-16-14-23-11-5-4-10-18(23)22-16)17-9-6-12-24(17)20(26)15-7-2-1-3-8-15/h4-5,10-11,14-15,17H,1-3,6-9,12-13H2,(H,21,25)/t17-/m0/s1. The molecule has 0 spiro atoms. The molecule has 138 valence electrons. The molecule has 3 heterocycles. The number of fused-ring (bicyclic) bond motifs is 1. The van der Waals surface area contributed by atoms with E-state index < -0.39 is 0 Å². The predicted octanol–water partition coefficient (Wildman–Crippen LogP) is 2.52. The van der Waals surface area contributed by atoms with Gasteiger partial charge >= 0.3 is 0 Å². The molecule has 1 aliphatic heterocycles. The van der Waals surface area contributed by atoms with Gasteiger partial charge in [0.1, 0.15) is 11.7 Å². The number of hydrogen-bond acceptors (Lipinski definition) is 3. The highest BCUT2D eigenvalue weighted by atomic mass is 16.2. The largest absolute Gasteiger partial charge is 0.349 e. The van der Waals surface area contributed by atoms with E-state index in [1.165, 1.54) is 6.42 Å². The molecule has 1 atom stereocenters. The molecule has 2 amide bonds. The summed E-state index contributed by atoms with van der Waals surface area (Å²) in [6.45, 7) is 1.10. The molecule has 0 aromatic carbocycles. The fraction of sp³-hybridized carbons (Fsp3) is 0.550. The lowest BCUT2D eigenvalue weighted by atomic mass is 9.88. The number of aromatic nitrogens is 2. The van der Waals surface area contributed by atoms with Crippen molar-refractivity contribution in [2.45, 2.75) is 57.5 Å². The van der Waals surface area contributed by atoms with E-state index >= 15 is 0 Å². The minimum atomic E-state index is -0.318. The normalized spacial score (nSPS) is 21.2. The zero-order valence-corrected chi connectivity index (χ0v) is 15.1. The monoisotopic (exact) mass is 354 g/mol. The van der Waals surface area contributed by atoms with Crippen LogP contribution in [-0.2, 0) is 16.1 Å². The summed E-state index contributed by atoms with van der Waals surface area (Å²) in [4.78, 5) is 31.9. The summed E-state index contributed by atoms with van der Waals surface area (Å²) in [7, 11) is 0. The van der Waals surface area contributed by atoms with E-state index in [0.29, 0.717) is 13.1 Å². The van der Waals surface area contributed by atoms with E-state index in [9.17, 15) is 9.59 Å². The number of carbonyl (C=O) groups excluding carboxylic acids is 2. The van der Waals surface area contributed by atoms with Gasteiger partial charge in [0.2, 0.25) is 11.8 Å². The Balaban J connectivity index is 1.37. The van der Waals surface area contributed by atoms with Crippen molar-refractivity contribution in [1.82, 2.24) is 19.6 Å². The van der Waals surface area contributed by atoms with Gasteiger partial charge in [0, 0.05) is 24.9 Å². The number of amides is 2. The SMILES string of the molecule is O=C(NCc1cn2ccccc2n1)[C@@H]1CCCN1C(=O)C1CCCCC1. The molecule has 1 N–H and O–H groups in total. The first kappa shape index (κ1) is 17.1. The second kappa shape index (κ2) is 7.48. The number of pyridine rings is 1. The molecule has 0 unspecified atom stereocenters. The zero-order valence-electron chi connectivity index (χ0n) is 15.1. The molecular weight excluding hydrogens is 328 g/mol. The summed E-state index contributed by atoms with van der Waals surface area (Å²) in [6.07, 6.45) is 11.0. The summed E-state index contributed by atoms with van der Waals surface area (Å²) >= 11 is 0. The Morgan fingerprint density at radius 3 is 2.77 bits per heavy atom. The van der Waals surface area contributed by atoms with Crippen LogP contribution in [0.1, 0.15) is 50.6 Å². The molecular formula is C20H26N4O2. The third kappa shape index (κ3) is 3.45. The third-order valence-electron chi connectivity index (χ3n) is 5.65. The Kier molecular flexibility index (Phi) is 4.91. The van der Waals surface area contributed by atoms with Crippen LogP contribution in [-0.4, -0.2) is 38.7 Å². The smallest absolute Gasteiger partial charge is 0.243 e. The minimum Gasteiger partial charge on any atom is -0.349 e. The lowest BCUT2D eigenvalue weighted by Crippen LogP contribution is -2.48. The van der Waals surface area contributed by atoms with Gasteiger partial charge in [0.05, 0.1) is 12.2 Å². The Labute approximate surface area is 153 Å². The zero-order chi connectivity index (χ0) is 17.9. The van der Waals surface area contributed by atoms with Crippen LogP contribution in [0, 0.1) is 5.92 Å². The van der Waals surface area contributed by atoms with Gasteiger partial charge in [-0.3, -0.25) is 9.59 Å². The van der Waals surface area contributed by atoms with Gasteiger partial charge in [0.15, 0.2) is 0 Å². The predicted molar refractivity (Wildman–Crippen MR) is 98.3 cm³/mol. The van der Waals surface area contributed by atoms with Gasteiger partial charge in [-0.05, 0) is 37.8 Å². The van der Waals surface area contributed by atoms with E-state index in [2.05, 4.69) is 10.3 Å². The molecule has 6 nitrogen and oxygen atoms in total. The molecule has 1 aliphatic carbocycles. The van der Waals surface area contributed by atoms with Gasteiger partial charge in [-0.15, -0.1) is 0 Å². The second-order valence-corrected chi connectivity index (χ2v) is 7.44. The van der Waals surface area contributed by atoms with Crippen LogP contribution in [0.3, 0.4) is 0 Å². The van der Waals surface area contributed by atoms with Gasteiger partial charge in [-0.2, -0.15) is 0 Å². The van der Waals surface area contributed by atoms with Gasteiger partial charge in [0.25, 0.3) is 0 Å². The number of likely N-dealkylation sites (tertiary alicyclic amines) is 1. The molecule has 0 radical (unpaired) electrons. The van der Waals surface area contributed by atoms with Crippen molar-refractivity contribution in [3.63, 3.8) is 0 Å². The van der Waals surface area contributed by atoms with E-state index in [0.717, 1.165) is 49.9 Å². The van der Waals surface area contributed by atoms with Crippen molar-refractivity contribution < 1.29 is 9.59 Å². The topological polar surface area (TPSA) is 66.7 Å². The minimum absolute atomic E-state index is 0.0521. The number of carbonyl (C=O) groups is 2. The van der Waals surface area contributed by atoms with E-state index in [1.54, 1.807) is 0 Å². The van der Waals surface area contributed by atoms with Crippen LogP contribution >= 0.6 is 0 Å². The molecule has 26 heavy (non-hydrogen) atoms. The van der Waals surface area contributed by atoms with Crippen molar-refractivity contribution in [2.75, 3.05) is 6.54 Å². The molecule has 6 heteroatoms. The first-order valence-electron chi connectivity index (χ1n) is 9.73. The first-order valence-corrected chi connectivity index (χ1v) is 9.73. The highest BCUT2D eigenvalue weighted by Gasteiger charge is 2.37. The number of nitrogens with one attached hydrogen (secondary N) is 1. The van der Waals surface area contributed by atoms with Gasteiger partial charge in [-0.1, -0.05) is 25.3 Å². The summed E-state index contributed by atoms with van der Waals surface area (Å²) < 4.78 is 1.94. The molecule has 1 saturated heterocycles. The van der Waals surface area contributed by atoms with Crippen molar-refractivity contribution in [1.29, 1.82) is 0 Å². The molecule has 1 saturated carbocycles. The van der Waals surface area contributed by atoms with Crippen LogP contribution in [0.4, 0.5) is 0 Å². The maximum Gasteiger partial charge on any atom is 0.243 e. The van der Waals surface area contributed by atoms with Crippen LogP contribution in [0.15, 0.2) is 30.6 Å².